The van der Waals surface area contributed by atoms with Gasteiger partial charge in [0.2, 0.25) is 0 Å². The molecule has 0 radical (unpaired) electrons. The average Bonchev–Trinajstić information content (AvgIpc) is 3.04. The molecule has 0 spiro atoms. The third kappa shape index (κ3) is 2.89. The Morgan fingerprint density at radius 1 is 1.35 bits per heavy atom. The van der Waals surface area contributed by atoms with Crippen molar-refractivity contribution in [2.24, 2.45) is 11.8 Å². The van der Waals surface area contributed by atoms with Gasteiger partial charge in [0, 0.05) is 6.04 Å². The van der Waals surface area contributed by atoms with E-state index in [1.165, 1.54) is 36.7 Å². The van der Waals surface area contributed by atoms with Gasteiger partial charge >= 0.3 is 0 Å². The molecule has 0 amide bonds. The molecule has 0 aliphatic heterocycles. The van der Waals surface area contributed by atoms with Crippen LogP contribution in [-0.4, -0.2) is 31.3 Å². The summed E-state index contributed by atoms with van der Waals surface area (Å²) < 4.78 is 1.47. The average molecular weight is 274 g/mol. The second-order valence-electron chi connectivity index (χ2n) is 6.16. The lowest BCUT2D eigenvalue weighted by atomic mass is 9.94. The largest absolute Gasteiger partial charge is 0.366 e. The van der Waals surface area contributed by atoms with Crippen LogP contribution >= 0.6 is 0 Å². The zero-order valence-corrected chi connectivity index (χ0v) is 12.2. The second-order valence-corrected chi connectivity index (χ2v) is 6.16. The zero-order valence-electron chi connectivity index (χ0n) is 12.2. The lowest BCUT2D eigenvalue weighted by Crippen LogP contribution is -2.25. The summed E-state index contributed by atoms with van der Waals surface area (Å²) in [7, 11) is 0. The fourth-order valence-corrected chi connectivity index (χ4v) is 3.04. The quantitative estimate of drug-likeness (QED) is 0.907. The minimum atomic E-state index is 0.537. The third-order valence-corrected chi connectivity index (χ3v) is 4.18. The molecule has 108 valence electrons. The number of anilines is 1. The molecule has 0 aromatic carbocycles. The molecule has 6 heteroatoms. The molecular weight excluding hydrogens is 252 g/mol. The predicted molar refractivity (Wildman–Crippen MR) is 77.4 cm³/mol. The maximum atomic E-state index is 4.40. The minimum Gasteiger partial charge on any atom is -0.366 e. The van der Waals surface area contributed by atoms with Crippen LogP contribution in [0.15, 0.2) is 12.1 Å². The number of hydrogen-bond donors (Lipinski definition) is 1. The molecule has 1 aliphatic carbocycles. The van der Waals surface area contributed by atoms with Crippen LogP contribution in [0.5, 0.6) is 0 Å². The van der Waals surface area contributed by atoms with E-state index in [-0.39, 0.29) is 0 Å². The van der Waals surface area contributed by atoms with Crippen LogP contribution in [0.25, 0.3) is 5.65 Å². The fourth-order valence-electron chi connectivity index (χ4n) is 3.04. The summed E-state index contributed by atoms with van der Waals surface area (Å²) in [5.74, 6) is 2.42. The van der Waals surface area contributed by atoms with Crippen LogP contribution in [-0.2, 0) is 0 Å². The Balaban J connectivity index is 1.66. The van der Waals surface area contributed by atoms with Crippen LogP contribution in [0.3, 0.4) is 0 Å². The first-order valence-electron chi connectivity index (χ1n) is 7.54. The van der Waals surface area contributed by atoms with E-state index in [2.05, 4.69) is 39.8 Å². The molecule has 3 rings (SSSR count). The van der Waals surface area contributed by atoms with Crippen molar-refractivity contribution in [3.63, 3.8) is 0 Å². The molecule has 1 fully saturated rings. The highest BCUT2D eigenvalue weighted by molar-refractivity contribution is 5.42. The first-order valence-corrected chi connectivity index (χ1v) is 7.54. The van der Waals surface area contributed by atoms with E-state index in [1.807, 2.05) is 12.1 Å². The van der Waals surface area contributed by atoms with E-state index < -0.39 is 0 Å². The molecule has 6 nitrogen and oxygen atoms in total. The zero-order chi connectivity index (χ0) is 13.9. The number of nitrogens with zero attached hydrogens (tertiary/aromatic N) is 5. The molecule has 2 aromatic rings. The molecule has 2 heterocycles. The molecule has 1 saturated carbocycles. The maximum absolute atomic E-state index is 4.40. The van der Waals surface area contributed by atoms with E-state index in [1.54, 1.807) is 0 Å². The molecule has 2 atom stereocenters. The molecule has 2 aromatic heterocycles. The maximum Gasteiger partial charge on any atom is 0.200 e. The number of tetrazole rings is 1. The topological polar surface area (TPSA) is 68.0 Å². The van der Waals surface area contributed by atoms with Gasteiger partial charge in [-0.15, -0.1) is 14.8 Å². The Kier molecular flexibility index (Phi) is 3.80. The molecule has 0 bridgehead atoms. The Bertz CT molecular complexity index is 564. The minimum absolute atomic E-state index is 0.537. The molecule has 0 saturated heterocycles. The van der Waals surface area contributed by atoms with Crippen molar-refractivity contribution in [1.29, 1.82) is 0 Å². The van der Waals surface area contributed by atoms with Gasteiger partial charge in [-0.3, -0.25) is 0 Å². The summed E-state index contributed by atoms with van der Waals surface area (Å²) in [5, 5.41) is 19.3. The van der Waals surface area contributed by atoms with E-state index in [9.17, 15) is 0 Å². The lowest BCUT2D eigenvalue weighted by molar-refractivity contribution is 0.410. The smallest absolute Gasteiger partial charge is 0.200 e. The monoisotopic (exact) mass is 274 g/mol. The van der Waals surface area contributed by atoms with Gasteiger partial charge in [-0.1, -0.05) is 26.7 Å². The third-order valence-electron chi connectivity index (χ3n) is 4.18. The van der Waals surface area contributed by atoms with Crippen LogP contribution in [0.1, 0.15) is 46.0 Å². The van der Waals surface area contributed by atoms with Gasteiger partial charge in [-0.25, -0.2) is 0 Å². The van der Waals surface area contributed by atoms with E-state index in [0.717, 1.165) is 17.7 Å². The lowest BCUT2D eigenvalue weighted by Gasteiger charge is -2.22. The highest BCUT2D eigenvalue weighted by Gasteiger charge is 2.27. The SMILES string of the molecule is CC(C)CC[C@@H]1CCC[C@H]1Nc1ccc2nnnn2n1. The van der Waals surface area contributed by atoms with Crippen LogP contribution in [0.2, 0.25) is 0 Å². The molecule has 20 heavy (non-hydrogen) atoms. The second kappa shape index (κ2) is 5.73. The Labute approximate surface area is 118 Å². The number of nitrogens with one attached hydrogen (secondary N) is 1. The van der Waals surface area contributed by atoms with Crippen molar-refractivity contribution in [2.75, 3.05) is 5.32 Å². The highest BCUT2D eigenvalue weighted by atomic mass is 15.6. The van der Waals surface area contributed by atoms with Gasteiger partial charge in [0.05, 0.1) is 0 Å². The van der Waals surface area contributed by atoms with E-state index >= 15 is 0 Å². The van der Waals surface area contributed by atoms with E-state index in [4.69, 9.17) is 0 Å². The summed E-state index contributed by atoms with van der Waals surface area (Å²) in [6.45, 7) is 4.59. The van der Waals surface area contributed by atoms with Crippen molar-refractivity contribution < 1.29 is 0 Å². The summed E-state index contributed by atoms with van der Waals surface area (Å²) in [6, 6.07) is 4.40. The van der Waals surface area contributed by atoms with Gasteiger partial charge < -0.3 is 5.32 Å². The van der Waals surface area contributed by atoms with Crippen LogP contribution < -0.4 is 5.32 Å². The molecule has 1 aliphatic rings. The van der Waals surface area contributed by atoms with Gasteiger partial charge in [0.1, 0.15) is 5.82 Å². The van der Waals surface area contributed by atoms with Gasteiger partial charge in [0.25, 0.3) is 0 Å². The van der Waals surface area contributed by atoms with Crippen molar-refractivity contribution in [1.82, 2.24) is 25.3 Å². The summed E-state index contributed by atoms with van der Waals surface area (Å²) in [4.78, 5) is 0. The summed E-state index contributed by atoms with van der Waals surface area (Å²) in [6.07, 6.45) is 6.49. The van der Waals surface area contributed by atoms with Gasteiger partial charge in [-0.05, 0) is 53.7 Å². The molecular formula is C14H22N6. The van der Waals surface area contributed by atoms with Gasteiger partial charge in [0.15, 0.2) is 5.65 Å². The normalized spacial score (nSPS) is 22.8. The molecule has 1 N–H and O–H groups in total. The molecule has 0 unspecified atom stereocenters. The van der Waals surface area contributed by atoms with Crippen LogP contribution in [0, 0.1) is 11.8 Å². The Morgan fingerprint density at radius 2 is 2.25 bits per heavy atom. The highest BCUT2D eigenvalue weighted by Crippen LogP contribution is 2.32. The number of hydrogen-bond acceptors (Lipinski definition) is 5. The Hall–Kier alpha value is -1.72. The summed E-state index contributed by atoms with van der Waals surface area (Å²) >= 11 is 0. The summed E-state index contributed by atoms with van der Waals surface area (Å²) in [5.41, 5.74) is 0.679. The number of rotatable bonds is 5. The van der Waals surface area contributed by atoms with Crippen molar-refractivity contribution in [3.8, 4) is 0 Å². The standard InChI is InChI=1S/C14H22N6/c1-10(2)6-7-11-4-3-5-12(11)15-13-8-9-14-16-18-19-20(14)17-13/h8-12H,3-7H2,1-2H3,(H,15,17)/t11-,12+/m0/s1. The van der Waals surface area contributed by atoms with Crippen molar-refractivity contribution in [3.05, 3.63) is 12.1 Å². The van der Waals surface area contributed by atoms with Crippen LogP contribution in [0.4, 0.5) is 5.82 Å². The fraction of sp³-hybridized carbons (Fsp3) is 0.714. The van der Waals surface area contributed by atoms with Crippen molar-refractivity contribution >= 4 is 11.5 Å². The predicted octanol–water partition coefficient (Wildman–Crippen LogP) is 2.54. The first kappa shape index (κ1) is 13.3. The first-order chi connectivity index (χ1) is 9.72. The van der Waals surface area contributed by atoms with Crippen molar-refractivity contribution in [2.45, 2.75) is 52.0 Å². The number of aromatic nitrogens is 5. The Morgan fingerprint density at radius 3 is 3.10 bits per heavy atom. The van der Waals surface area contributed by atoms with Gasteiger partial charge in [-0.2, -0.15) is 0 Å². The van der Waals surface area contributed by atoms with E-state index in [0.29, 0.717) is 11.7 Å². The number of fused-ring (bicyclic) bond motifs is 1.